The highest BCUT2D eigenvalue weighted by Crippen LogP contribution is 2.36. The topological polar surface area (TPSA) is 72.8 Å². The van der Waals surface area contributed by atoms with Crippen molar-refractivity contribution in [3.63, 3.8) is 0 Å². The molecule has 0 saturated carbocycles. The van der Waals surface area contributed by atoms with Gasteiger partial charge in [0, 0.05) is 24.7 Å². The molecule has 0 amide bonds. The number of hydrogen-bond acceptors (Lipinski definition) is 4. The summed E-state index contributed by atoms with van der Waals surface area (Å²) in [6.45, 7) is 11.8. The molecule has 1 rings (SSSR count). The lowest BCUT2D eigenvalue weighted by Crippen LogP contribution is -2.41. The minimum Gasteiger partial charge on any atom is -0.493 e. The van der Waals surface area contributed by atoms with Crippen LogP contribution in [0.1, 0.15) is 32.8 Å². The van der Waals surface area contributed by atoms with Crippen LogP contribution in [0.4, 0.5) is 4.39 Å². The van der Waals surface area contributed by atoms with Crippen LogP contribution in [0.25, 0.3) is 0 Å². The first-order valence-electron chi connectivity index (χ1n) is 8.43. The number of benzene rings is 1. The highest BCUT2D eigenvalue weighted by Gasteiger charge is 2.36. The average Bonchev–Trinajstić information content (AvgIpc) is 2.43. The molecule has 0 aromatic heterocycles. The van der Waals surface area contributed by atoms with Gasteiger partial charge < -0.3 is 9.16 Å². The Balaban J connectivity index is 2.54. The van der Waals surface area contributed by atoms with Gasteiger partial charge in [0.1, 0.15) is 11.6 Å². The minimum atomic E-state index is -4.18. The molecule has 0 atom stereocenters. The molecule has 0 saturated heterocycles. The number of halogens is 2. The van der Waals surface area contributed by atoms with Gasteiger partial charge >= 0.3 is 0 Å². The van der Waals surface area contributed by atoms with E-state index in [1.54, 1.807) is 0 Å². The molecule has 0 unspecified atom stereocenters. The van der Waals surface area contributed by atoms with Gasteiger partial charge in [0.2, 0.25) is 0 Å². The van der Waals surface area contributed by atoms with Crippen molar-refractivity contribution in [2.45, 2.75) is 51.7 Å². The molecule has 1 aromatic carbocycles. The molecule has 1 N–H and O–H groups in total. The van der Waals surface area contributed by atoms with Crippen molar-refractivity contribution in [3.05, 3.63) is 28.5 Å². The fourth-order valence-electron chi connectivity index (χ4n) is 1.93. The molecule has 1 aromatic rings. The Morgan fingerprint density at radius 1 is 1.23 bits per heavy atom. The SMILES string of the molecule is CC(C)(C)[Si](C)(C)OCCCOc1cc(F)c(CCS(=O)(=O)O)c(Cl)c1. The molecule has 0 radical (unpaired) electrons. The van der Waals surface area contributed by atoms with E-state index in [2.05, 4.69) is 33.9 Å². The third kappa shape index (κ3) is 7.52. The Hall–Kier alpha value is -0.673. The van der Waals surface area contributed by atoms with Gasteiger partial charge in [0.25, 0.3) is 10.1 Å². The molecule has 0 heterocycles. The fourth-order valence-corrected chi connectivity index (χ4v) is 3.77. The lowest BCUT2D eigenvalue weighted by Gasteiger charge is -2.36. The lowest BCUT2D eigenvalue weighted by molar-refractivity contribution is 0.233. The molecule has 150 valence electrons. The van der Waals surface area contributed by atoms with Crippen LogP contribution >= 0.6 is 11.6 Å². The largest absolute Gasteiger partial charge is 0.493 e. The Bertz CT molecular complexity index is 693. The summed E-state index contributed by atoms with van der Waals surface area (Å²) in [7, 11) is -5.97. The molecule has 26 heavy (non-hydrogen) atoms. The van der Waals surface area contributed by atoms with Crippen LogP contribution in [0.2, 0.25) is 23.2 Å². The zero-order chi connectivity index (χ0) is 20.2. The lowest BCUT2D eigenvalue weighted by atomic mass is 10.1. The van der Waals surface area contributed by atoms with E-state index in [0.717, 1.165) is 0 Å². The summed E-state index contributed by atoms with van der Waals surface area (Å²) >= 11 is 6.00. The Morgan fingerprint density at radius 3 is 2.35 bits per heavy atom. The van der Waals surface area contributed by atoms with E-state index >= 15 is 0 Å². The summed E-state index contributed by atoms with van der Waals surface area (Å²) in [6.07, 6.45) is 0.459. The van der Waals surface area contributed by atoms with Crippen LogP contribution < -0.4 is 4.74 Å². The van der Waals surface area contributed by atoms with Crippen LogP contribution in [0.3, 0.4) is 0 Å². The zero-order valence-electron chi connectivity index (χ0n) is 15.9. The maximum atomic E-state index is 14.1. The second kappa shape index (κ2) is 9.01. The van der Waals surface area contributed by atoms with E-state index in [0.29, 0.717) is 19.6 Å². The smallest absolute Gasteiger partial charge is 0.265 e. The van der Waals surface area contributed by atoms with Crippen molar-refractivity contribution < 1.29 is 26.5 Å². The average molecular weight is 427 g/mol. The van der Waals surface area contributed by atoms with Crippen LogP contribution in [-0.4, -0.2) is 40.3 Å². The first kappa shape index (κ1) is 23.4. The van der Waals surface area contributed by atoms with Crippen LogP contribution in [0.15, 0.2) is 12.1 Å². The maximum absolute atomic E-state index is 14.1. The highest BCUT2D eigenvalue weighted by atomic mass is 35.5. The van der Waals surface area contributed by atoms with Crippen molar-refractivity contribution in [1.82, 2.24) is 0 Å². The van der Waals surface area contributed by atoms with E-state index in [9.17, 15) is 12.8 Å². The van der Waals surface area contributed by atoms with Gasteiger partial charge in [-0.05, 0) is 30.6 Å². The van der Waals surface area contributed by atoms with Crippen LogP contribution in [0.5, 0.6) is 5.75 Å². The Morgan fingerprint density at radius 2 is 1.85 bits per heavy atom. The molecule has 0 bridgehead atoms. The summed E-state index contributed by atoms with van der Waals surface area (Å²) in [5.74, 6) is -0.974. The molecular weight excluding hydrogens is 399 g/mol. The quantitative estimate of drug-likeness (QED) is 0.352. The van der Waals surface area contributed by atoms with E-state index in [-0.39, 0.29) is 27.8 Å². The fraction of sp³-hybridized carbons (Fsp3) is 0.647. The third-order valence-electron chi connectivity index (χ3n) is 4.55. The predicted octanol–water partition coefficient (Wildman–Crippen LogP) is 4.70. The standard InChI is InChI=1S/C17H28ClFO5SSi/c1-17(2,3)26(4,5)24-9-6-8-23-13-11-15(18)14(16(19)12-13)7-10-25(20,21)22/h11-12H,6-10H2,1-5H3,(H,20,21,22). The molecule has 0 aliphatic carbocycles. The van der Waals surface area contributed by atoms with Gasteiger partial charge in [0.05, 0.1) is 17.4 Å². The number of hydrogen-bond donors (Lipinski definition) is 1. The monoisotopic (exact) mass is 426 g/mol. The summed E-state index contributed by atoms with van der Waals surface area (Å²) in [5, 5.41) is 0.212. The zero-order valence-corrected chi connectivity index (χ0v) is 18.5. The molecule has 5 nitrogen and oxygen atoms in total. The van der Waals surface area contributed by atoms with Gasteiger partial charge in [0.15, 0.2) is 8.32 Å². The predicted molar refractivity (Wildman–Crippen MR) is 105 cm³/mol. The van der Waals surface area contributed by atoms with Crippen molar-refractivity contribution in [1.29, 1.82) is 0 Å². The van der Waals surface area contributed by atoms with E-state index < -0.39 is 30.0 Å². The maximum Gasteiger partial charge on any atom is 0.265 e. The van der Waals surface area contributed by atoms with E-state index in [1.165, 1.54) is 12.1 Å². The summed E-state index contributed by atoms with van der Waals surface area (Å²) in [6, 6.07) is 2.61. The first-order valence-corrected chi connectivity index (χ1v) is 13.3. The summed E-state index contributed by atoms with van der Waals surface area (Å²) in [4.78, 5) is 0. The molecule has 0 aliphatic rings. The molecular formula is C17H28ClFO5SSi. The van der Waals surface area contributed by atoms with Gasteiger partial charge in [-0.25, -0.2) is 4.39 Å². The van der Waals surface area contributed by atoms with E-state index in [4.69, 9.17) is 25.3 Å². The molecule has 0 aliphatic heterocycles. The van der Waals surface area contributed by atoms with Crippen molar-refractivity contribution in [3.8, 4) is 5.75 Å². The highest BCUT2D eigenvalue weighted by molar-refractivity contribution is 7.85. The van der Waals surface area contributed by atoms with Gasteiger partial charge in [-0.15, -0.1) is 0 Å². The molecule has 0 fully saturated rings. The summed E-state index contributed by atoms with van der Waals surface area (Å²) < 4.78 is 56.0. The Labute approximate surface area is 161 Å². The van der Waals surface area contributed by atoms with Crippen molar-refractivity contribution in [2.75, 3.05) is 19.0 Å². The normalized spacial score (nSPS) is 13.1. The second-order valence-electron chi connectivity index (χ2n) is 7.71. The second-order valence-corrected chi connectivity index (χ2v) is 14.5. The van der Waals surface area contributed by atoms with Gasteiger partial charge in [-0.1, -0.05) is 32.4 Å². The minimum absolute atomic E-state index is 0.0397. The number of ether oxygens (including phenoxy) is 1. The van der Waals surface area contributed by atoms with Crippen molar-refractivity contribution >= 4 is 30.0 Å². The van der Waals surface area contributed by atoms with Crippen molar-refractivity contribution in [2.24, 2.45) is 0 Å². The summed E-state index contributed by atoms with van der Waals surface area (Å²) in [5.41, 5.74) is 0.0397. The Kier molecular flexibility index (Phi) is 8.10. The van der Waals surface area contributed by atoms with Gasteiger partial charge in [-0.3, -0.25) is 4.55 Å². The van der Waals surface area contributed by atoms with Crippen LogP contribution in [-0.2, 0) is 21.0 Å². The van der Waals surface area contributed by atoms with E-state index in [1.807, 2.05) is 0 Å². The molecule has 0 spiro atoms. The molecule has 9 heteroatoms. The first-order chi connectivity index (χ1) is 11.7. The number of rotatable bonds is 9. The third-order valence-corrected chi connectivity index (χ3v) is 10.1. The van der Waals surface area contributed by atoms with Gasteiger partial charge in [-0.2, -0.15) is 8.42 Å². The van der Waals surface area contributed by atoms with Crippen LogP contribution in [0, 0.1) is 5.82 Å².